The second kappa shape index (κ2) is 4.56. The van der Waals surface area contributed by atoms with Crippen LogP contribution in [0.1, 0.15) is 5.56 Å². The third kappa shape index (κ3) is 2.04. The standard InChI is InChI=1S/C8H14O2Si2/c1-7-5-3-4-6-8(7)12(9-2)10-11/h3-6,12H,1-2,11H3. The van der Waals surface area contributed by atoms with Gasteiger partial charge in [-0.25, -0.2) is 0 Å². The maximum Gasteiger partial charge on any atom is 0.344 e. The van der Waals surface area contributed by atoms with Crippen LogP contribution in [-0.2, 0) is 8.54 Å². The summed E-state index contributed by atoms with van der Waals surface area (Å²) in [6.45, 7) is 2.09. The fourth-order valence-corrected chi connectivity index (χ4v) is 3.98. The third-order valence-corrected chi connectivity index (χ3v) is 5.17. The van der Waals surface area contributed by atoms with Crippen LogP contribution >= 0.6 is 0 Å². The molecule has 4 heteroatoms. The highest BCUT2D eigenvalue weighted by atomic mass is 28.3. The Labute approximate surface area is 77.9 Å². The molecule has 0 bridgehead atoms. The minimum atomic E-state index is -1.53. The van der Waals surface area contributed by atoms with E-state index in [2.05, 4.69) is 19.1 Å². The van der Waals surface area contributed by atoms with Gasteiger partial charge in [-0.1, -0.05) is 24.3 Å². The molecule has 0 radical (unpaired) electrons. The molecule has 0 N–H and O–H groups in total. The lowest BCUT2D eigenvalue weighted by atomic mass is 10.2. The maximum atomic E-state index is 5.42. The van der Waals surface area contributed by atoms with Crippen LogP contribution in [-0.4, -0.2) is 26.9 Å². The highest BCUT2D eigenvalue weighted by Crippen LogP contribution is 1.96. The fourth-order valence-electron chi connectivity index (χ4n) is 1.20. The van der Waals surface area contributed by atoms with Gasteiger partial charge >= 0.3 is 9.28 Å². The number of hydrogen-bond acceptors (Lipinski definition) is 2. The van der Waals surface area contributed by atoms with Gasteiger partial charge in [0.2, 0.25) is 0 Å². The van der Waals surface area contributed by atoms with E-state index in [9.17, 15) is 0 Å². The Morgan fingerprint density at radius 3 is 2.50 bits per heavy atom. The summed E-state index contributed by atoms with van der Waals surface area (Å²) < 4.78 is 10.7. The van der Waals surface area contributed by atoms with Crippen molar-refractivity contribution >= 4 is 25.0 Å². The molecule has 0 aliphatic rings. The lowest BCUT2D eigenvalue weighted by Crippen LogP contribution is -2.36. The molecule has 1 rings (SSSR count). The maximum absolute atomic E-state index is 5.42. The predicted octanol–water partition coefficient (Wildman–Crippen LogP) is -0.634. The predicted molar refractivity (Wildman–Crippen MR) is 56.0 cm³/mol. The van der Waals surface area contributed by atoms with Crippen LogP contribution in [0, 0.1) is 6.92 Å². The normalized spacial score (nSPS) is 13.2. The topological polar surface area (TPSA) is 18.5 Å². The summed E-state index contributed by atoms with van der Waals surface area (Å²) in [7, 11) is 0.947. The highest BCUT2D eigenvalue weighted by molar-refractivity contribution is 6.64. The molecule has 0 aromatic heterocycles. The Morgan fingerprint density at radius 1 is 1.33 bits per heavy atom. The average molecular weight is 198 g/mol. The van der Waals surface area contributed by atoms with E-state index in [1.807, 2.05) is 12.1 Å². The van der Waals surface area contributed by atoms with Crippen molar-refractivity contribution in [2.75, 3.05) is 7.11 Å². The van der Waals surface area contributed by atoms with Crippen LogP contribution in [0.3, 0.4) is 0 Å². The van der Waals surface area contributed by atoms with Gasteiger partial charge in [0.05, 0.1) is 0 Å². The van der Waals surface area contributed by atoms with Crippen LogP contribution in [0.15, 0.2) is 24.3 Å². The Balaban J connectivity index is 2.92. The van der Waals surface area contributed by atoms with Gasteiger partial charge in [-0.15, -0.1) is 0 Å². The van der Waals surface area contributed by atoms with Gasteiger partial charge in [-0.2, -0.15) is 0 Å². The van der Waals surface area contributed by atoms with Gasteiger partial charge in [0, 0.05) is 7.11 Å². The average Bonchev–Trinajstić information content (AvgIpc) is 2.10. The molecule has 12 heavy (non-hydrogen) atoms. The molecule has 2 nitrogen and oxygen atoms in total. The molecule has 1 unspecified atom stereocenters. The molecular formula is C8H14O2Si2. The van der Waals surface area contributed by atoms with Crippen LogP contribution in [0.2, 0.25) is 0 Å². The first-order valence-corrected chi connectivity index (χ1v) is 6.24. The molecule has 0 aliphatic heterocycles. The van der Waals surface area contributed by atoms with Crippen LogP contribution in [0.25, 0.3) is 0 Å². The summed E-state index contributed by atoms with van der Waals surface area (Å²) in [4.78, 5) is 0. The minimum Gasteiger partial charge on any atom is -0.444 e. The molecule has 0 saturated heterocycles. The molecule has 0 saturated carbocycles. The van der Waals surface area contributed by atoms with Crippen molar-refractivity contribution in [2.24, 2.45) is 0 Å². The third-order valence-electron chi connectivity index (χ3n) is 1.87. The van der Waals surface area contributed by atoms with E-state index in [4.69, 9.17) is 8.54 Å². The van der Waals surface area contributed by atoms with Crippen molar-refractivity contribution in [3.63, 3.8) is 0 Å². The zero-order chi connectivity index (χ0) is 8.97. The molecule has 1 atom stereocenters. The van der Waals surface area contributed by atoms with Gasteiger partial charge in [0.15, 0.2) is 0 Å². The molecular weight excluding hydrogens is 184 g/mol. The number of aryl methyl sites for hydroxylation is 1. The first-order valence-electron chi connectivity index (χ1n) is 3.90. The molecule has 66 valence electrons. The van der Waals surface area contributed by atoms with Gasteiger partial charge in [0.1, 0.15) is 10.5 Å². The highest BCUT2D eigenvalue weighted by Gasteiger charge is 2.13. The second-order valence-corrected chi connectivity index (χ2v) is 6.30. The Kier molecular flexibility index (Phi) is 3.67. The minimum absolute atomic E-state index is 0.751. The van der Waals surface area contributed by atoms with Gasteiger partial charge in [0.25, 0.3) is 0 Å². The quantitative estimate of drug-likeness (QED) is 0.602. The van der Waals surface area contributed by atoms with E-state index >= 15 is 0 Å². The summed E-state index contributed by atoms with van der Waals surface area (Å²) in [6, 6.07) is 8.25. The zero-order valence-electron chi connectivity index (χ0n) is 7.70. The molecule has 0 amide bonds. The van der Waals surface area contributed by atoms with Gasteiger partial charge < -0.3 is 8.54 Å². The molecule has 1 aromatic rings. The van der Waals surface area contributed by atoms with Gasteiger partial charge in [-0.3, -0.25) is 0 Å². The summed E-state index contributed by atoms with van der Waals surface area (Å²) in [5, 5.41) is 1.26. The van der Waals surface area contributed by atoms with Crippen LogP contribution in [0.5, 0.6) is 0 Å². The molecule has 0 fully saturated rings. The molecule has 0 heterocycles. The number of hydrogen-bond donors (Lipinski definition) is 0. The van der Waals surface area contributed by atoms with Crippen LogP contribution < -0.4 is 5.19 Å². The monoisotopic (exact) mass is 198 g/mol. The van der Waals surface area contributed by atoms with Crippen LogP contribution in [0.4, 0.5) is 0 Å². The largest absolute Gasteiger partial charge is 0.444 e. The first kappa shape index (κ1) is 9.66. The molecule has 0 spiro atoms. The SMILES string of the molecule is CO[SiH](O[SiH3])c1ccccc1C. The summed E-state index contributed by atoms with van der Waals surface area (Å²) in [6.07, 6.45) is 0. The lowest BCUT2D eigenvalue weighted by molar-refractivity contribution is 0.359. The van der Waals surface area contributed by atoms with E-state index in [0.717, 1.165) is 10.5 Å². The number of rotatable bonds is 3. The number of benzene rings is 1. The van der Waals surface area contributed by atoms with Crippen molar-refractivity contribution in [1.82, 2.24) is 0 Å². The van der Waals surface area contributed by atoms with E-state index in [1.165, 1.54) is 10.8 Å². The second-order valence-electron chi connectivity index (χ2n) is 2.66. The summed E-state index contributed by atoms with van der Waals surface area (Å²) in [5.74, 6) is 0. The lowest BCUT2D eigenvalue weighted by Gasteiger charge is -2.13. The van der Waals surface area contributed by atoms with Gasteiger partial charge in [-0.05, 0) is 17.7 Å². The zero-order valence-corrected chi connectivity index (χ0v) is 10.9. The molecule has 1 aromatic carbocycles. The van der Waals surface area contributed by atoms with E-state index in [0.29, 0.717) is 0 Å². The molecule has 0 aliphatic carbocycles. The fraction of sp³-hybridized carbons (Fsp3) is 0.250. The Bertz CT molecular complexity index is 249. The van der Waals surface area contributed by atoms with Crippen molar-refractivity contribution < 1.29 is 8.54 Å². The van der Waals surface area contributed by atoms with Crippen molar-refractivity contribution in [3.05, 3.63) is 29.8 Å². The first-order chi connectivity index (χ1) is 5.79. The van der Waals surface area contributed by atoms with E-state index < -0.39 is 9.28 Å². The van der Waals surface area contributed by atoms with E-state index in [1.54, 1.807) is 7.11 Å². The van der Waals surface area contributed by atoms with E-state index in [-0.39, 0.29) is 0 Å². The van der Waals surface area contributed by atoms with Crippen molar-refractivity contribution in [3.8, 4) is 0 Å². The Morgan fingerprint density at radius 2 is 2.00 bits per heavy atom. The van der Waals surface area contributed by atoms with Crippen molar-refractivity contribution in [2.45, 2.75) is 6.92 Å². The van der Waals surface area contributed by atoms with Crippen molar-refractivity contribution in [1.29, 1.82) is 0 Å². The Hall–Kier alpha value is -0.426. The summed E-state index contributed by atoms with van der Waals surface area (Å²) >= 11 is 0. The summed E-state index contributed by atoms with van der Waals surface area (Å²) in [5.41, 5.74) is 1.27. The smallest absolute Gasteiger partial charge is 0.344 e.